The Morgan fingerprint density at radius 2 is 2.20 bits per heavy atom. The smallest absolute Gasteiger partial charge is 0.315 e. The van der Waals surface area contributed by atoms with Crippen LogP contribution in [-0.4, -0.2) is 29.8 Å². The van der Waals surface area contributed by atoms with Gasteiger partial charge in [0.15, 0.2) is 0 Å². The third-order valence-electron chi connectivity index (χ3n) is 3.77. The van der Waals surface area contributed by atoms with Crippen molar-refractivity contribution in [3.63, 3.8) is 0 Å². The molecule has 1 aliphatic rings. The first-order valence-electron chi connectivity index (χ1n) is 7.38. The lowest BCUT2D eigenvalue weighted by atomic mass is 9.93. The maximum atomic E-state index is 11.8. The van der Waals surface area contributed by atoms with Crippen LogP contribution in [0.5, 0.6) is 0 Å². The Bertz CT molecular complexity index is 400. The minimum atomic E-state index is -0.179. The number of carbonyl (C=O) groups is 1. The van der Waals surface area contributed by atoms with Gasteiger partial charge in [-0.3, -0.25) is 0 Å². The minimum Gasteiger partial charge on any atom is -0.393 e. The van der Waals surface area contributed by atoms with Gasteiger partial charge in [0, 0.05) is 17.5 Å². The lowest BCUT2D eigenvalue weighted by Gasteiger charge is -2.26. The molecule has 1 saturated carbocycles. The quantitative estimate of drug-likeness (QED) is 0.782. The normalized spacial score (nSPS) is 24.1. The summed E-state index contributed by atoms with van der Waals surface area (Å²) in [5, 5.41) is 17.5. The van der Waals surface area contributed by atoms with Crippen LogP contribution in [0.2, 0.25) is 0 Å². The van der Waals surface area contributed by atoms with E-state index in [1.165, 1.54) is 4.88 Å². The van der Waals surface area contributed by atoms with E-state index in [1.807, 2.05) is 0 Å². The SMILES string of the molecule is CC(CNC(=O)NC1CCC(O)CC1)Cc1cccs1. The average molecular weight is 296 g/mol. The second-order valence-corrected chi connectivity index (χ2v) is 6.78. The number of hydrogen-bond acceptors (Lipinski definition) is 3. The van der Waals surface area contributed by atoms with Crippen molar-refractivity contribution in [1.29, 1.82) is 0 Å². The van der Waals surface area contributed by atoms with E-state index in [9.17, 15) is 9.90 Å². The molecule has 1 aromatic heterocycles. The number of thiophene rings is 1. The molecule has 1 atom stereocenters. The molecule has 4 nitrogen and oxygen atoms in total. The Morgan fingerprint density at radius 3 is 2.85 bits per heavy atom. The van der Waals surface area contributed by atoms with Gasteiger partial charge in [0.2, 0.25) is 0 Å². The Hall–Kier alpha value is -1.07. The highest BCUT2D eigenvalue weighted by Crippen LogP contribution is 2.18. The largest absolute Gasteiger partial charge is 0.393 e. The van der Waals surface area contributed by atoms with Crippen LogP contribution < -0.4 is 10.6 Å². The van der Waals surface area contributed by atoms with Crippen molar-refractivity contribution in [2.24, 2.45) is 5.92 Å². The molecule has 0 aliphatic heterocycles. The van der Waals surface area contributed by atoms with Crippen LogP contribution in [0.4, 0.5) is 4.79 Å². The summed E-state index contributed by atoms with van der Waals surface area (Å²) < 4.78 is 0. The van der Waals surface area contributed by atoms with Crippen LogP contribution in [0.15, 0.2) is 17.5 Å². The zero-order chi connectivity index (χ0) is 14.4. The molecular weight excluding hydrogens is 272 g/mol. The van der Waals surface area contributed by atoms with E-state index in [0.717, 1.165) is 32.1 Å². The molecule has 20 heavy (non-hydrogen) atoms. The van der Waals surface area contributed by atoms with Gasteiger partial charge in [-0.15, -0.1) is 11.3 Å². The number of carbonyl (C=O) groups excluding carboxylic acids is 1. The average Bonchev–Trinajstić information content (AvgIpc) is 2.92. The molecule has 0 saturated heterocycles. The molecule has 1 aliphatic carbocycles. The van der Waals surface area contributed by atoms with Crippen LogP contribution in [0.25, 0.3) is 0 Å². The maximum Gasteiger partial charge on any atom is 0.315 e. The van der Waals surface area contributed by atoms with Crippen LogP contribution in [-0.2, 0) is 6.42 Å². The first kappa shape index (κ1) is 15.3. The van der Waals surface area contributed by atoms with Gasteiger partial charge in [0.1, 0.15) is 0 Å². The molecule has 0 bridgehead atoms. The number of rotatable bonds is 5. The van der Waals surface area contributed by atoms with Crippen molar-refractivity contribution in [3.05, 3.63) is 22.4 Å². The van der Waals surface area contributed by atoms with Crippen molar-refractivity contribution in [2.75, 3.05) is 6.54 Å². The second kappa shape index (κ2) is 7.64. The van der Waals surface area contributed by atoms with E-state index in [4.69, 9.17) is 0 Å². The van der Waals surface area contributed by atoms with Gasteiger partial charge in [-0.2, -0.15) is 0 Å². The molecule has 3 N–H and O–H groups in total. The van der Waals surface area contributed by atoms with Gasteiger partial charge in [-0.1, -0.05) is 13.0 Å². The standard InChI is InChI=1S/C15H24N2O2S/c1-11(9-14-3-2-8-20-14)10-16-15(19)17-12-4-6-13(18)7-5-12/h2-3,8,11-13,18H,4-7,9-10H2,1H3,(H2,16,17,19). The van der Waals surface area contributed by atoms with Crippen LogP contribution in [0.1, 0.15) is 37.5 Å². The molecule has 5 heteroatoms. The lowest BCUT2D eigenvalue weighted by Crippen LogP contribution is -2.45. The number of aliphatic hydroxyl groups is 1. The van der Waals surface area contributed by atoms with E-state index in [-0.39, 0.29) is 18.2 Å². The Kier molecular flexibility index (Phi) is 5.86. The molecule has 1 fully saturated rings. The molecule has 0 aromatic carbocycles. The molecule has 2 amide bonds. The fourth-order valence-electron chi connectivity index (χ4n) is 2.57. The lowest BCUT2D eigenvalue weighted by molar-refractivity contribution is 0.117. The topological polar surface area (TPSA) is 61.4 Å². The third-order valence-corrected chi connectivity index (χ3v) is 4.67. The number of aliphatic hydroxyl groups excluding tert-OH is 1. The fourth-order valence-corrected chi connectivity index (χ4v) is 3.44. The van der Waals surface area contributed by atoms with Crippen LogP contribution in [0, 0.1) is 5.92 Å². The summed E-state index contributed by atoms with van der Waals surface area (Å²) in [4.78, 5) is 13.2. The summed E-state index contributed by atoms with van der Waals surface area (Å²) in [6.45, 7) is 2.84. The van der Waals surface area contributed by atoms with Gasteiger partial charge in [-0.25, -0.2) is 4.79 Å². The van der Waals surface area contributed by atoms with E-state index < -0.39 is 0 Å². The number of urea groups is 1. The van der Waals surface area contributed by atoms with Crippen LogP contribution >= 0.6 is 11.3 Å². The molecular formula is C15H24N2O2S. The summed E-state index contributed by atoms with van der Waals surface area (Å²) in [5.74, 6) is 0.438. The fraction of sp³-hybridized carbons (Fsp3) is 0.667. The highest BCUT2D eigenvalue weighted by molar-refractivity contribution is 7.09. The molecule has 1 unspecified atom stereocenters. The van der Waals surface area contributed by atoms with Gasteiger partial charge >= 0.3 is 6.03 Å². The Balaban J connectivity index is 1.62. The summed E-state index contributed by atoms with van der Waals surface area (Å²) in [6, 6.07) is 4.33. The van der Waals surface area contributed by atoms with Crippen molar-refractivity contribution >= 4 is 17.4 Å². The zero-order valence-corrected chi connectivity index (χ0v) is 12.8. The molecule has 1 aromatic rings. The second-order valence-electron chi connectivity index (χ2n) is 5.75. The van der Waals surface area contributed by atoms with E-state index in [0.29, 0.717) is 12.5 Å². The molecule has 0 radical (unpaired) electrons. The summed E-state index contributed by atoms with van der Waals surface area (Å²) in [5.41, 5.74) is 0. The molecule has 1 heterocycles. The van der Waals surface area contributed by atoms with E-state index in [2.05, 4.69) is 35.1 Å². The minimum absolute atomic E-state index is 0.0792. The predicted octanol–water partition coefficient (Wildman–Crippen LogP) is 2.53. The first-order valence-corrected chi connectivity index (χ1v) is 8.26. The Morgan fingerprint density at radius 1 is 1.45 bits per heavy atom. The maximum absolute atomic E-state index is 11.8. The van der Waals surface area contributed by atoms with Gasteiger partial charge in [-0.05, 0) is 49.5 Å². The summed E-state index contributed by atoms with van der Waals surface area (Å²) in [7, 11) is 0. The Labute approximate surface area is 124 Å². The summed E-state index contributed by atoms with van der Waals surface area (Å²) in [6.07, 6.45) is 4.16. The zero-order valence-electron chi connectivity index (χ0n) is 12.0. The molecule has 0 spiro atoms. The number of hydrogen-bond donors (Lipinski definition) is 3. The van der Waals surface area contributed by atoms with Crippen LogP contribution in [0.3, 0.4) is 0 Å². The van der Waals surface area contributed by atoms with Gasteiger partial charge in [0.05, 0.1) is 6.10 Å². The highest BCUT2D eigenvalue weighted by atomic mass is 32.1. The van der Waals surface area contributed by atoms with Crippen molar-refractivity contribution in [3.8, 4) is 0 Å². The van der Waals surface area contributed by atoms with Gasteiger partial charge in [0.25, 0.3) is 0 Å². The van der Waals surface area contributed by atoms with E-state index >= 15 is 0 Å². The highest BCUT2D eigenvalue weighted by Gasteiger charge is 2.20. The number of nitrogens with one attached hydrogen (secondary N) is 2. The van der Waals surface area contributed by atoms with Crippen molar-refractivity contribution in [2.45, 2.75) is 51.2 Å². The summed E-state index contributed by atoms with van der Waals surface area (Å²) >= 11 is 1.76. The first-order chi connectivity index (χ1) is 9.63. The predicted molar refractivity (Wildman–Crippen MR) is 82.0 cm³/mol. The van der Waals surface area contributed by atoms with Crippen molar-refractivity contribution in [1.82, 2.24) is 10.6 Å². The van der Waals surface area contributed by atoms with E-state index in [1.54, 1.807) is 11.3 Å². The third kappa shape index (κ3) is 5.13. The van der Waals surface area contributed by atoms with Crippen molar-refractivity contribution < 1.29 is 9.90 Å². The number of amides is 2. The van der Waals surface area contributed by atoms with Gasteiger partial charge < -0.3 is 15.7 Å². The molecule has 112 valence electrons. The monoisotopic (exact) mass is 296 g/mol. The molecule has 2 rings (SSSR count).